The maximum Gasteiger partial charge on any atom is 0.404 e. The molecule has 1 atom stereocenters. The number of benzene rings is 1. The molecule has 3 rings (SSSR count). The standard InChI is InChI=1S/C23H26Cl2F4N4O5S2/c1-11(23(27,28)29)32-40(37,38)14-5-4-13(15(24)16(14)25)18-17(21(35)33-8-6-12(26)7-9-33)31-20(39-18)19(34)30-10-22(2,3)36/h4-5,11-12,32,36H,6-10H2,1-3H3,(H,30,34)/t11-/m1/s1. The predicted octanol–water partition coefficient (Wildman–Crippen LogP) is 4.42. The third kappa shape index (κ3) is 7.62. The second kappa shape index (κ2) is 12.1. The Morgan fingerprint density at radius 1 is 1.20 bits per heavy atom. The third-order valence-electron chi connectivity index (χ3n) is 5.82. The lowest BCUT2D eigenvalue weighted by Gasteiger charge is -2.28. The molecule has 2 aromatic rings. The van der Waals surface area contributed by atoms with Crippen LogP contribution in [0.4, 0.5) is 17.6 Å². The first-order valence-corrected chi connectivity index (χ1v) is 14.9. The summed E-state index contributed by atoms with van der Waals surface area (Å²) in [5.41, 5.74) is -1.48. The van der Waals surface area contributed by atoms with Gasteiger partial charge in [0.15, 0.2) is 5.01 Å². The average Bonchev–Trinajstić information content (AvgIpc) is 3.28. The lowest BCUT2D eigenvalue weighted by atomic mass is 10.1. The zero-order valence-electron chi connectivity index (χ0n) is 21.4. The smallest absolute Gasteiger partial charge is 0.389 e. The zero-order chi connectivity index (χ0) is 30.2. The van der Waals surface area contributed by atoms with Crippen LogP contribution in [-0.4, -0.2) is 78.8 Å². The van der Waals surface area contributed by atoms with Gasteiger partial charge in [0, 0.05) is 25.2 Å². The normalized spacial score (nSPS) is 16.2. The molecule has 3 N–H and O–H groups in total. The molecule has 1 aliphatic rings. The van der Waals surface area contributed by atoms with Gasteiger partial charge in [-0.25, -0.2) is 17.8 Å². The van der Waals surface area contributed by atoms with E-state index in [1.165, 1.54) is 23.5 Å². The maximum atomic E-state index is 13.7. The summed E-state index contributed by atoms with van der Waals surface area (Å²) >= 11 is 13.3. The number of piperidine rings is 1. The molecule has 0 unspecified atom stereocenters. The molecule has 1 aliphatic heterocycles. The van der Waals surface area contributed by atoms with Crippen molar-refractivity contribution in [1.82, 2.24) is 19.9 Å². The van der Waals surface area contributed by atoms with Gasteiger partial charge in [0.25, 0.3) is 11.8 Å². The van der Waals surface area contributed by atoms with Crippen LogP contribution in [0, 0.1) is 0 Å². The molecule has 0 aliphatic carbocycles. The molecule has 1 aromatic heterocycles. The van der Waals surface area contributed by atoms with Gasteiger partial charge in [0.2, 0.25) is 10.0 Å². The minimum atomic E-state index is -4.86. The molecule has 2 amide bonds. The van der Waals surface area contributed by atoms with Crippen molar-refractivity contribution in [3.63, 3.8) is 0 Å². The SMILES string of the molecule is C[C@@H](NS(=O)(=O)c1ccc(-c2sc(C(=O)NCC(C)(C)O)nc2C(=O)N2CCC(F)CC2)c(Cl)c1Cl)C(F)(F)F. The van der Waals surface area contributed by atoms with E-state index in [4.69, 9.17) is 23.2 Å². The minimum absolute atomic E-state index is 0.00254. The van der Waals surface area contributed by atoms with Gasteiger partial charge in [-0.3, -0.25) is 9.59 Å². The van der Waals surface area contributed by atoms with Gasteiger partial charge in [-0.05, 0) is 39.7 Å². The van der Waals surface area contributed by atoms with Gasteiger partial charge >= 0.3 is 6.18 Å². The van der Waals surface area contributed by atoms with Gasteiger partial charge in [-0.2, -0.15) is 17.9 Å². The number of thiazole rings is 1. The van der Waals surface area contributed by atoms with Crippen molar-refractivity contribution < 1.29 is 40.7 Å². The minimum Gasteiger partial charge on any atom is -0.389 e. The number of likely N-dealkylation sites (tertiary alicyclic amines) is 1. The number of sulfonamides is 1. The zero-order valence-corrected chi connectivity index (χ0v) is 24.5. The summed E-state index contributed by atoms with van der Waals surface area (Å²) in [7, 11) is -4.77. The largest absolute Gasteiger partial charge is 0.404 e. The number of halogens is 6. The molecule has 2 heterocycles. The molecule has 0 spiro atoms. The Kier molecular flexibility index (Phi) is 9.79. The van der Waals surface area contributed by atoms with Gasteiger partial charge in [-0.1, -0.05) is 29.3 Å². The van der Waals surface area contributed by atoms with Crippen LogP contribution >= 0.6 is 34.5 Å². The Balaban J connectivity index is 2.06. The first kappa shape index (κ1) is 32.5. The molecule has 9 nitrogen and oxygen atoms in total. The monoisotopic (exact) mass is 648 g/mol. The van der Waals surface area contributed by atoms with E-state index < -0.39 is 60.8 Å². The number of amides is 2. The van der Waals surface area contributed by atoms with E-state index in [-0.39, 0.29) is 53.6 Å². The van der Waals surface area contributed by atoms with Crippen LogP contribution in [0.5, 0.6) is 0 Å². The summed E-state index contributed by atoms with van der Waals surface area (Å²) in [6, 6.07) is -0.361. The summed E-state index contributed by atoms with van der Waals surface area (Å²) in [5, 5.41) is 11.2. The van der Waals surface area contributed by atoms with Gasteiger partial charge in [-0.15, -0.1) is 11.3 Å². The van der Waals surface area contributed by atoms with Crippen LogP contribution in [0.3, 0.4) is 0 Å². The summed E-state index contributed by atoms with van der Waals surface area (Å²) in [6.45, 7) is 3.58. The highest BCUT2D eigenvalue weighted by Crippen LogP contribution is 2.42. The Morgan fingerprint density at radius 3 is 2.35 bits per heavy atom. The number of alkyl halides is 4. The molecule has 0 bridgehead atoms. The van der Waals surface area contributed by atoms with E-state index in [1.54, 1.807) is 0 Å². The fourth-order valence-electron chi connectivity index (χ4n) is 3.60. The van der Waals surface area contributed by atoms with Gasteiger partial charge < -0.3 is 15.3 Å². The summed E-state index contributed by atoms with van der Waals surface area (Å²) in [6.07, 6.45) is -5.72. The van der Waals surface area contributed by atoms with Crippen LogP contribution in [0.25, 0.3) is 10.4 Å². The van der Waals surface area contributed by atoms with Gasteiger partial charge in [0.1, 0.15) is 22.8 Å². The van der Waals surface area contributed by atoms with Crippen molar-refractivity contribution in [1.29, 1.82) is 0 Å². The molecule has 0 saturated carbocycles. The van der Waals surface area contributed by atoms with Crippen LogP contribution in [0.15, 0.2) is 17.0 Å². The topological polar surface area (TPSA) is 129 Å². The van der Waals surface area contributed by atoms with E-state index in [2.05, 4.69) is 10.3 Å². The van der Waals surface area contributed by atoms with Crippen LogP contribution < -0.4 is 10.0 Å². The number of nitrogens with one attached hydrogen (secondary N) is 2. The number of carbonyl (C=O) groups is 2. The Bertz CT molecular complexity index is 1390. The molecule has 40 heavy (non-hydrogen) atoms. The first-order chi connectivity index (χ1) is 18.3. The molecular weight excluding hydrogens is 623 g/mol. The first-order valence-electron chi connectivity index (χ1n) is 11.8. The number of carbonyl (C=O) groups excluding carboxylic acids is 2. The van der Waals surface area contributed by atoms with Crippen molar-refractivity contribution >= 4 is 56.4 Å². The molecular formula is C23H26Cl2F4N4O5S2. The molecule has 1 fully saturated rings. The number of rotatable bonds is 8. The van der Waals surface area contributed by atoms with Crippen molar-refractivity contribution in [2.24, 2.45) is 0 Å². The lowest BCUT2D eigenvalue weighted by Crippen LogP contribution is -2.43. The number of nitrogens with zero attached hydrogens (tertiary/aromatic N) is 2. The van der Waals surface area contributed by atoms with Gasteiger partial charge in [0.05, 0.1) is 20.5 Å². The quantitative estimate of drug-likeness (QED) is 0.364. The van der Waals surface area contributed by atoms with Crippen LogP contribution in [0.2, 0.25) is 10.0 Å². The van der Waals surface area contributed by atoms with Crippen molar-refractivity contribution in [2.75, 3.05) is 19.6 Å². The van der Waals surface area contributed by atoms with Crippen molar-refractivity contribution in [3.05, 3.63) is 32.9 Å². The van der Waals surface area contributed by atoms with E-state index in [9.17, 15) is 40.7 Å². The Morgan fingerprint density at radius 2 is 1.80 bits per heavy atom. The third-order valence-corrected chi connectivity index (χ3v) is 9.49. The van der Waals surface area contributed by atoms with Crippen molar-refractivity contribution in [2.45, 2.75) is 62.5 Å². The molecule has 17 heteroatoms. The fraction of sp³-hybridized carbons (Fsp3) is 0.522. The Hall–Kier alpha value is -2.04. The van der Waals surface area contributed by atoms with E-state index in [1.807, 2.05) is 0 Å². The molecule has 222 valence electrons. The van der Waals surface area contributed by atoms with E-state index in [0.29, 0.717) is 6.92 Å². The number of hydrogen-bond acceptors (Lipinski definition) is 7. The molecule has 1 aromatic carbocycles. The lowest BCUT2D eigenvalue weighted by molar-refractivity contribution is -0.147. The summed E-state index contributed by atoms with van der Waals surface area (Å²) in [4.78, 5) is 31.0. The number of aromatic nitrogens is 1. The summed E-state index contributed by atoms with van der Waals surface area (Å²) < 4.78 is 79.3. The highest BCUT2D eigenvalue weighted by molar-refractivity contribution is 7.89. The van der Waals surface area contributed by atoms with Crippen LogP contribution in [0.1, 0.15) is 53.9 Å². The molecule has 0 radical (unpaired) electrons. The second-order valence-electron chi connectivity index (χ2n) is 9.78. The molecule has 1 saturated heterocycles. The van der Waals surface area contributed by atoms with Crippen LogP contribution in [-0.2, 0) is 10.0 Å². The highest BCUT2D eigenvalue weighted by atomic mass is 35.5. The fourth-order valence-corrected chi connectivity index (χ4v) is 6.75. The highest BCUT2D eigenvalue weighted by Gasteiger charge is 2.40. The summed E-state index contributed by atoms with van der Waals surface area (Å²) in [5.74, 6) is -1.36. The second-order valence-corrected chi connectivity index (χ2v) is 13.2. The Labute approximate surface area is 241 Å². The van der Waals surface area contributed by atoms with Crippen molar-refractivity contribution in [3.8, 4) is 10.4 Å². The maximum absolute atomic E-state index is 13.7. The van der Waals surface area contributed by atoms with E-state index >= 15 is 0 Å². The number of hydrogen-bond donors (Lipinski definition) is 3. The van der Waals surface area contributed by atoms with E-state index in [0.717, 1.165) is 23.5 Å². The number of aliphatic hydroxyl groups is 1. The predicted molar refractivity (Wildman–Crippen MR) is 142 cm³/mol. The average molecular weight is 650 g/mol.